The Bertz CT molecular complexity index is 813. The van der Waals surface area contributed by atoms with Crippen molar-refractivity contribution in [2.75, 3.05) is 5.43 Å². The van der Waals surface area contributed by atoms with Crippen molar-refractivity contribution in [1.82, 2.24) is 14.8 Å². The monoisotopic (exact) mass is 341 g/mol. The average Bonchev–Trinajstić information content (AvgIpc) is 3.10. The fourth-order valence-electron chi connectivity index (χ4n) is 2.70. The third-order valence-electron chi connectivity index (χ3n) is 4.06. The van der Waals surface area contributed by atoms with Crippen LogP contribution in [0.1, 0.15) is 43.1 Å². The van der Waals surface area contributed by atoms with Gasteiger partial charge in [-0.05, 0) is 32.4 Å². The highest BCUT2D eigenvalue weighted by atomic mass is 32.1. The first-order valence-corrected chi connectivity index (χ1v) is 9.19. The van der Waals surface area contributed by atoms with Gasteiger partial charge in [-0.15, -0.1) is 0 Å². The number of fused-ring (bicyclic) bond motifs is 1. The smallest absolute Gasteiger partial charge is 0.204 e. The molecule has 0 aliphatic carbocycles. The molecule has 0 bridgehead atoms. The highest BCUT2D eigenvalue weighted by Crippen LogP contribution is 2.25. The zero-order valence-electron chi connectivity index (χ0n) is 14.4. The lowest BCUT2D eigenvalue weighted by atomic mass is 10.2. The predicted octanol–water partition coefficient (Wildman–Crippen LogP) is 4.75. The van der Waals surface area contributed by atoms with Crippen LogP contribution in [-0.4, -0.2) is 21.0 Å². The number of anilines is 1. The average molecular weight is 341 g/mol. The molecule has 3 rings (SSSR count). The molecule has 0 saturated carbocycles. The fourth-order valence-corrected chi connectivity index (χ4v) is 3.51. The highest BCUT2D eigenvalue weighted by Gasteiger charge is 2.09. The van der Waals surface area contributed by atoms with E-state index in [2.05, 4.69) is 45.2 Å². The molecule has 0 saturated heterocycles. The summed E-state index contributed by atoms with van der Waals surface area (Å²) in [4.78, 5) is 4.52. The molecule has 5 nitrogen and oxygen atoms in total. The molecule has 0 atom stereocenters. The lowest BCUT2D eigenvalue weighted by Gasteiger charge is -2.03. The molecule has 0 amide bonds. The first kappa shape index (κ1) is 16.6. The molecule has 0 aliphatic heterocycles. The van der Waals surface area contributed by atoms with E-state index in [0.29, 0.717) is 0 Å². The standard InChI is InChI=1S/C18H23N5S/c1-4-5-8-11-23-14(3)15(13(2)22-23)12-19-21-18-20-16-9-6-7-10-17(16)24-18/h6-7,9-10,12H,4-5,8,11H2,1-3H3,(H,20,21)/b19-12-. The molecule has 6 heteroatoms. The van der Waals surface area contributed by atoms with Gasteiger partial charge in [-0.25, -0.2) is 4.98 Å². The number of thiazole rings is 1. The number of nitrogens with one attached hydrogen (secondary N) is 1. The maximum Gasteiger partial charge on any atom is 0.204 e. The van der Waals surface area contributed by atoms with Crippen molar-refractivity contribution in [2.24, 2.45) is 5.10 Å². The summed E-state index contributed by atoms with van der Waals surface area (Å²) in [6, 6.07) is 8.09. The number of aromatic nitrogens is 3. The van der Waals surface area contributed by atoms with Gasteiger partial charge in [0, 0.05) is 17.8 Å². The van der Waals surface area contributed by atoms with Crippen molar-refractivity contribution < 1.29 is 0 Å². The third-order valence-corrected chi connectivity index (χ3v) is 5.00. The lowest BCUT2D eigenvalue weighted by Crippen LogP contribution is -2.03. The first-order valence-electron chi connectivity index (χ1n) is 8.37. The Morgan fingerprint density at radius 2 is 2.08 bits per heavy atom. The van der Waals surface area contributed by atoms with E-state index in [4.69, 9.17) is 0 Å². The molecule has 0 radical (unpaired) electrons. The summed E-state index contributed by atoms with van der Waals surface area (Å²) < 4.78 is 3.25. The molecule has 3 aromatic rings. The number of hydrogen-bond donors (Lipinski definition) is 1. The van der Waals surface area contributed by atoms with Crippen LogP contribution in [0.3, 0.4) is 0 Å². The van der Waals surface area contributed by atoms with Crippen LogP contribution in [0.2, 0.25) is 0 Å². The van der Waals surface area contributed by atoms with Crippen LogP contribution >= 0.6 is 11.3 Å². The fraction of sp³-hybridized carbons (Fsp3) is 0.389. The summed E-state index contributed by atoms with van der Waals surface area (Å²) in [6.45, 7) is 7.32. The number of benzene rings is 1. The Morgan fingerprint density at radius 3 is 2.88 bits per heavy atom. The van der Waals surface area contributed by atoms with Gasteiger partial charge in [0.15, 0.2) is 0 Å². The SMILES string of the molecule is CCCCCn1nc(C)c(/C=N\Nc2nc3ccccc3s2)c1C. The van der Waals surface area contributed by atoms with Crippen LogP contribution in [0.25, 0.3) is 10.2 Å². The topological polar surface area (TPSA) is 55.1 Å². The molecular formula is C18H23N5S. The molecule has 1 N–H and O–H groups in total. The molecule has 1 aromatic carbocycles. The molecule has 2 aromatic heterocycles. The second kappa shape index (κ2) is 7.57. The van der Waals surface area contributed by atoms with Crippen LogP contribution < -0.4 is 5.43 Å². The molecule has 0 unspecified atom stereocenters. The minimum absolute atomic E-state index is 0.804. The van der Waals surface area contributed by atoms with E-state index in [1.807, 2.05) is 31.3 Å². The van der Waals surface area contributed by atoms with Gasteiger partial charge in [0.05, 0.1) is 22.1 Å². The molecule has 0 aliphatic rings. The number of hydrogen-bond acceptors (Lipinski definition) is 5. The molecule has 24 heavy (non-hydrogen) atoms. The Hall–Kier alpha value is -2.21. The van der Waals surface area contributed by atoms with E-state index in [9.17, 15) is 0 Å². The van der Waals surface area contributed by atoms with E-state index < -0.39 is 0 Å². The zero-order valence-corrected chi connectivity index (χ0v) is 15.2. The third kappa shape index (κ3) is 3.64. The van der Waals surface area contributed by atoms with Gasteiger partial charge in [0.1, 0.15) is 0 Å². The lowest BCUT2D eigenvalue weighted by molar-refractivity contribution is 0.540. The van der Waals surface area contributed by atoms with Gasteiger partial charge >= 0.3 is 0 Å². The Morgan fingerprint density at radius 1 is 1.25 bits per heavy atom. The van der Waals surface area contributed by atoms with Crippen LogP contribution in [-0.2, 0) is 6.54 Å². The van der Waals surface area contributed by atoms with Gasteiger partial charge < -0.3 is 0 Å². The molecule has 0 spiro atoms. The molecule has 126 valence electrons. The minimum Gasteiger partial charge on any atom is -0.269 e. The van der Waals surface area contributed by atoms with Crippen molar-refractivity contribution >= 4 is 32.9 Å². The number of rotatable bonds is 7. The minimum atomic E-state index is 0.804. The summed E-state index contributed by atoms with van der Waals surface area (Å²) in [5, 5.41) is 9.79. The number of unbranched alkanes of at least 4 members (excludes halogenated alkanes) is 2. The second-order valence-electron chi connectivity index (χ2n) is 5.87. The van der Waals surface area contributed by atoms with Crippen LogP contribution in [0.15, 0.2) is 29.4 Å². The molecule has 0 fully saturated rings. The Labute approximate surface area is 146 Å². The first-order chi connectivity index (χ1) is 11.7. The number of para-hydroxylation sites is 1. The van der Waals surface area contributed by atoms with E-state index in [0.717, 1.165) is 33.2 Å². The van der Waals surface area contributed by atoms with Gasteiger partial charge in [-0.1, -0.05) is 43.2 Å². The van der Waals surface area contributed by atoms with Gasteiger partial charge in [-0.3, -0.25) is 10.1 Å². The van der Waals surface area contributed by atoms with E-state index in [-0.39, 0.29) is 0 Å². The van der Waals surface area contributed by atoms with Crippen LogP contribution in [0.5, 0.6) is 0 Å². The number of hydrazone groups is 1. The Kier molecular flexibility index (Phi) is 5.25. The Balaban J connectivity index is 1.69. The summed E-state index contributed by atoms with van der Waals surface area (Å²) in [5.41, 5.74) is 7.30. The van der Waals surface area contributed by atoms with E-state index >= 15 is 0 Å². The summed E-state index contributed by atoms with van der Waals surface area (Å²) >= 11 is 1.60. The van der Waals surface area contributed by atoms with Crippen LogP contribution in [0.4, 0.5) is 5.13 Å². The van der Waals surface area contributed by atoms with E-state index in [1.165, 1.54) is 25.0 Å². The number of nitrogens with zero attached hydrogens (tertiary/aromatic N) is 4. The largest absolute Gasteiger partial charge is 0.269 e. The normalized spacial score (nSPS) is 11.6. The van der Waals surface area contributed by atoms with Crippen molar-refractivity contribution in [1.29, 1.82) is 0 Å². The maximum atomic E-state index is 4.63. The molecular weight excluding hydrogens is 318 g/mol. The maximum absolute atomic E-state index is 4.63. The van der Waals surface area contributed by atoms with E-state index in [1.54, 1.807) is 11.3 Å². The summed E-state index contributed by atoms with van der Waals surface area (Å²) in [7, 11) is 0. The summed E-state index contributed by atoms with van der Waals surface area (Å²) in [5.74, 6) is 0. The van der Waals surface area contributed by atoms with Crippen LogP contribution in [0, 0.1) is 13.8 Å². The molecule has 2 heterocycles. The van der Waals surface area contributed by atoms with Crippen molar-refractivity contribution in [3.63, 3.8) is 0 Å². The quantitative estimate of drug-likeness (QED) is 0.383. The van der Waals surface area contributed by atoms with Crippen molar-refractivity contribution in [2.45, 2.75) is 46.6 Å². The predicted molar refractivity (Wildman–Crippen MR) is 102 cm³/mol. The zero-order chi connectivity index (χ0) is 16.9. The summed E-state index contributed by atoms with van der Waals surface area (Å²) in [6.07, 6.45) is 5.47. The van der Waals surface area contributed by atoms with Crippen molar-refractivity contribution in [3.8, 4) is 0 Å². The van der Waals surface area contributed by atoms with Gasteiger partial charge in [-0.2, -0.15) is 10.2 Å². The van der Waals surface area contributed by atoms with Crippen molar-refractivity contribution in [3.05, 3.63) is 41.2 Å². The highest BCUT2D eigenvalue weighted by molar-refractivity contribution is 7.22. The van der Waals surface area contributed by atoms with Gasteiger partial charge in [0.2, 0.25) is 5.13 Å². The second-order valence-corrected chi connectivity index (χ2v) is 6.90. The number of aryl methyl sites for hydroxylation is 2. The van der Waals surface area contributed by atoms with Gasteiger partial charge in [0.25, 0.3) is 0 Å².